The summed E-state index contributed by atoms with van der Waals surface area (Å²) in [6.45, 7) is -0.589. The fourth-order valence-corrected chi connectivity index (χ4v) is 5.49. The van der Waals surface area contributed by atoms with Gasteiger partial charge in [0.25, 0.3) is 11.8 Å². The monoisotopic (exact) mass is 574 g/mol. The predicted octanol–water partition coefficient (Wildman–Crippen LogP) is 0.611. The zero-order chi connectivity index (χ0) is 29.4. The fourth-order valence-electron chi connectivity index (χ4n) is 5.49. The first-order chi connectivity index (χ1) is 20.3. The number of carbonyl (C=O) groups excluding carboxylic acids is 3. The smallest absolute Gasteiger partial charge is 0.269 e. The van der Waals surface area contributed by atoms with Crippen LogP contribution in [0.2, 0.25) is 0 Å². The molecule has 0 spiro atoms. The summed E-state index contributed by atoms with van der Waals surface area (Å²) in [5.74, 6) is -1.81. The number of nitrogens with two attached hydrogens (primary N) is 1. The van der Waals surface area contributed by atoms with Crippen molar-refractivity contribution in [2.24, 2.45) is 5.73 Å². The summed E-state index contributed by atoms with van der Waals surface area (Å²) in [4.78, 5) is 44.9. The number of aromatic nitrogens is 4. The standard InChI is InChI=1S/C28H27FN8O5/c29-18-11-21(27(40)33-24-25(42-35-28(24)41)15-4-2-1-3-5-15)36(13-18)22(38)14-37-20-7-6-16(17-8-9-31-32-12-17)10-19(20)23(34-37)26(30)39/h1-10,12,18,21,24-25,27,33,40H,11,13-14H2,(H2,30,39)(H,35,41). The van der Waals surface area contributed by atoms with E-state index >= 15 is 0 Å². The van der Waals surface area contributed by atoms with Crippen molar-refractivity contribution in [2.75, 3.05) is 6.54 Å². The van der Waals surface area contributed by atoms with E-state index in [2.05, 4.69) is 26.1 Å². The van der Waals surface area contributed by atoms with Crippen LogP contribution in [-0.2, 0) is 21.0 Å². The molecule has 0 aliphatic carbocycles. The maximum atomic E-state index is 14.7. The van der Waals surface area contributed by atoms with Crippen molar-refractivity contribution in [1.29, 1.82) is 0 Å². The molecule has 2 aliphatic rings. The van der Waals surface area contributed by atoms with Gasteiger partial charge < -0.3 is 15.7 Å². The molecular weight excluding hydrogens is 547 g/mol. The van der Waals surface area contributed by atoms with E-state index in [9.17, 15) is 23.9 Å². The van der Waals surface area contributed by atoms with Gasteiger partial charge in [0.15, 0.2) is 5.69 Å². The topological polar surface area (TPSA) is 178 Å². The molecule has 42 heavy (non-hydrogen) atoms. The number of nitrogens with zero attached hydrogens (tertiary/aromatic N) is 5. The van der Waals surface area contributed by atoms with Crippen LogP contribution in [0.5, 0.6) is 0 Å². The summed E-state index contributed by atoms with van der Waals surface area (Å²) in [7, 11) is 0. The first kappa shape index (κ1) is 27.4. The van der Waals surface area contributed by atoms with Crippen LogP contribution >= 0.6 is 0 Å². The molecule has 4 aromatic rings. The maximum absolute atomic E-state index is 14.7. The number of alkyl halides is 1. The molecule has 14 heteroatoms. The van der Waals surface area contributed by atoms with Crippen molar-refractivity contribution in [1.82, 2.24) is 35.7 Å². The number of hydroxylamine groups is 1. The third-order valence-corrected chi connectivity index (χ3v) is 7.51. The Labute approximate surface area is 238 Å². The van der Waals surface area contributed by atoms with Crippen LogP contribution in [-0.4, -0.2) is 78.7 Å². The van der Waals surface area contributed by atoms with Crippen molar-refractivity contribution in [3.05, 3.63) is 78.2 Å². The van der Waals surface area contributed by atoms with Crippen LogP contribution in [0, 0.1) is 0 Å². The number of hydrogen-bond donors (Lipinski definition) is 4. The Hall–Kier alpha value is -4.79. The van der Waals surface area contributed by atoms with Crippen LogP contribution in [0.3, 0.4) is 0 Å². The second-order valence-corrected chi connectivity index (χ2v) is 10.2. The summed E-state index contributed by atoms with van der Waals surface area (Å²) in [5.41, 5.74) is 10.6. The van der Waals surface area contributed by atoms with Gasteiger partial charge in [0, 0.05) is 17.4 Å². The zero-order valence-corrected chi connectivity index (χ0v) is 22.1. The molecule has 0 saturated carbocycles. The molecule has 4 heterocycles. The molecule has 216 valence electrons. The predicted molar refractivity (Wildman–Crippen MR) is 146 cm³/mol. The van der Waals surface area contributed by atoms with Crippen molar-refractivity contribution >= 4 is 28.6 Å². The van der Waals surface area contributed by atoms with E-state index < -0.39 is 48.3 Å². The molecule has 2 aliphatic heterocycles. The lowest BCUT2D eigenvalue weighted by Crippen LogP contribution is -2.54. The number of likely N-dealkylation sites (tertiary alicyclic amines) is 1. The number of fused-ring (bicyclic) bond motifs is 1. The minimum Gasteiger partial charge on any atom is -0.376 e. The fraction of sp³-hybridized carbons (Fsp3) is 0.286. The number of primary amides is 1. The molecule has 2 aromatic heterocycles. The van der Waals surface area contributed by atoms with E-state index in [1.807, 2.05) is 6.07 Å². The Morgan fingerprint density at radius 3 is 2.71 bits per heavy atom. The van der Waals surface area contributed by atoms with E-state index in [4.69, 9.17) is 10.6 Å². The number of halogens is 1. The minimum atomic E-state index is -1.44. The summed E-state index contributed by atoms with van der Waals surface area (Å²) in [6, 6.07) is 14.0. The molecule has 5 N–H and O–H groups in total. The van der Waals surface area contributed by atoms with Crippen LogP contribution in [0.15, 0.2) is 67.0 Å². The van der Waals surface area contributed by atoms with Crippen molar-refractivity contribution < 1.29 is 28.7 Å². The summed E-state index contributed by atoms with van der Waals surface area (Å²) < 4.78 is 16.0. The van der Waals surface area contributed by atoms with E-state index in [0.717, 1.165) is 11.1 Å². The third-order valence-electron chi connectivity index (χ3n) is 7.51. The second kappa shape index (κ2) is 11.2. The zero-order valence-electron chi connectivity index (χ0n) is 22.1. The van der Waals surface area contributed by atoms with Crippen LogP contribution in [0.4, 0.5) is 4.39 Å². The number of amides is 3. The number of hydrogen-bond acceptors (Lipinski definition) is 9. The normalized spacial score (nSPS) is 22.8. The molecule has 13 nitrogen and oxygen atoms in total. The van der Waals surface area contributed by atoms with Crippen LogP contribution in [0.25, 0.3) is 22.0 Å². The number of rotatable bonds is 8. The van der Waals surface area contributed by atoms with E-state index in [1.54, 1.807) is 60.9 Å². The Morgan fingerprint density at radius 1 is 1.17 bits per heavy atom. The minimum absolute atomic E-state index is 0.0242. The van der Waals surface area contributed by atoms with E-state index in [1.165, 1.54) is 9.58 Å². The molecule has 5 atom stereocenters. The number of carbonyl (C=O) groups is 3. The summed E-state index contributed by atoms with van der Waals surface area (Å²) in [6.07, 6.45) is -0.593. The molecule has 0 radical (unpaired) electrons. The van der Waals surface area contributed by atoms with Gasteiger partial charge in [-0.25, -0.2) is 9.87 Å². The average Bonchev–Trinajstić information content (AvgIpc) is 3.69. The Kier molecular flexibility index (Phi) is 7.33. The van der Waals surface area contributed by atoms with Gasteiger partial charge in [-0.15, -0.1) is 0 Å². The highest BCUT2D eigenvalue weighted by atomic mass is 19.1. The highest BCUT2D eigenvalue weighted by molar-refractivity contribution is 6.05. The van der Waals surface area contributed by atoms with Gasteiger partial charge in [0.1, 0.15) is 31.1 Å². The Bertz CT molecular complexity index is 1640. The van der Waals surface area contributed by atoms with Gasteiger partial charge in [0.2, 0.25) is 5.91 Å². The van der Waals surface area contributed by atoms with Crippen molar-refractivity contribution in [2.45, 2.75) is 43.6 Å². The number of benzene rings is 2. The molecule has 3 amide bonds. The maximum Gasteiger partial charge on any atom is 0.269 e. The highest BCUT2D eigenvalue weighted by Gasteiger charge is 2.44. The summed E-state index contributed by atoms with van der Waals surface area (Å²) in [5, 5.41) is 26.3. The quantitative estimate of drug-likeness (QED) is 0.220. The first-order valence-electron chi connectivity index (χ1n) is 13.3. The van der Waals surface area contributed by atoms with Gasteiger partial charge in [-0.2, -0.15) is 15.3 Å². The third kappa shape index (κ3) is 5.18. The van der Waals surface area contributed by atoms with Gasteiger partial charge in [-0.1, -0.05) is 36.4 Å². The number of nitrogens with one attached hydrogen (secondary N) is 2. The molecule has 2 saturated heterocycles. The second-order valence-electron chi connectivity index (χ2n) is 10.2. The first-order valence-corrected chi connectivity index (χ1v) is 13.3. The van der Waals surface area contributed by atoms with Crippen LogP contribution < -0.4 is 16.5 Å². The molecule has 2 aromatic carbocycles. The molecule has 6 rings (SSSR count). The van der Waals surface area contributed by atoms with E-state index in [-0.39, 0.29) is 25.2 Å². The molecule has 0 bridgehead atoms. The Morgan fingerprint density at radius 2 is 1.98 bits per heavy atom. The van der Waals surface area contributed by atoms with Gasteiger partial charge in [0.05, 0.1) is 30.5 Å². The van der Waals surface area contributed by atoms with Gasteiger partial charge >= 0.3 is 0 Å². The molecule has 5 unspecified atom stereocenters. The largest absolute Gasteiger partial charge is 0.376 e. The van der Waals surface area contributed by atoms with Gasteiger partial charge in [-0.3, -0.25) is 29.2 Å². The van der Waals surface area contributed by atoms with Crippen LogP contribution in [0.1, 0.15) is 28.6 Å². The highest BCUT2D eigenvalue weighted by Crippen LogP contribution is 2.29. The lowest BCUT2D eigenvalue weighted by atomic mass is 10.0. The Balaban J connectivity index is 1.22. The van der Waals surface area contributed by atoms with Crippen molar-refractivity contribution in [3.63, 3.8) is 0 Å². The van der Waals surface area contributed by atoms with Gasteiger partial charge in [-0.05, 0) is 29.3 Å². The molecular formula is C28H27FN8O5. The van der Waals surface area contributed by atoms with E-state index in [0.29, 0.717) is 16.5 Å². The number of aliphatic hydroxyl groups excluding tert-OH is 1. The SMILES string of the molecule is NC(=O)c1nn(CC(=O)N2CC(F)CC2C(O)NC2C(=O)NOC2c2ccccc2)c2ccc(-c3ccnnc3)cc12. The summed E-state index contributed by atoms with van der Waals surface area (Å²) >= 11 is 0. The average molecular weight is 575 g/mol. The van der Waals surface area contributed by atoms with Crippen molar-refractivity contribution in [3.8, 4) is 11.1 Å². The molecule has 2 fully saturated rings. The lowest BCUT2D eigenvalue weighted by Gasteiger charge is -2.31. The lowest BCUT2D eigenvalue weighted by molar-refractivity contribution is -0.135. The number of aliphatic hydroxyl groups is 1.